The van der Waals surface area contributed by atoms with Gasteiger partial charge in [0.25, 0.3) is 0 Å². The molecule has 2 aromatic rings. The second kappa shape index (κ2) is 4.94. The fourth-order valence-electron chi connectivity index (χ4n) is 1.64. The molecule has 0 aromatic carbocycles. The highest BCUT2D eigenvalue weighted by Crippen LogP contribution is 2.12. The lowest BCUT2D eigenvalue weighted by Gasteiger charge is -2.11. The lowest BCUT2D eigenvalue weighted by molar-refractivity contribution is 0.176. The van der Waals surface area contributed by atoms with Crippen LogP contribution in [-0.4, -0.2) is 32.4 Å². The van der Waals surface area contributed by atoms with Crippen LogP contribution in [0.2, 0.25) is 0 Å². The number of aromatic nitrogens is 3. The molecule has 1 unspecified atom stereocenters. The lowest BCUT2D eigenvalue weighted by Crippen LogP contribution is -2.19. The van der Waals surface area contributed by atoms with Gasteiger partial charge in [-0.05, 0) is 12.5 Å². The Morgan fingerprint density at radius 2 is 2.38 bits per heavy atom. The van der Waals surface area contributed by atoms with Gasteiger partial charge in [-0.3, -0.25) is 0 Å². The Balaban J connectivity index is 2.06. The van der Waals surface area contributed by atoms with Gasteiger partial charge in [0.2, 0.25) is 0 Å². The van der Waals surface area contributed by atoms with E-state index in [-0.39, 0.29) is 6.10 Å². The molecule has 0 aliphatic rings. The van der Waals surface area contributed by atoms with Crippen LogP contribution in [0.1, 0.15) is 19.8 Å². The summed E-state index contributed by atoms with van der Waals surface area (Å²) < 4.78 is 1.75. The third-order valence-corrected chi connectivity index (χ3v) is 2.45. The van der Waals surface area contributed by atoms with Crippen molar-refractivity contribution in [3.63, 3.8) is 0 Å². The summed E-state index contributed by atoms with van der Waals surface area (Å²) in [6.45, 7) is 2.57. The van der Waals surface area contributed by atoms with Gasteiger partial charge in [0.15, 0.2) is 5.82 Å². The minimum Gasteiger partial charge on any atom is -0.391 e. The van der Waals surface area contributed by atoms with Crippen LogP contribution in [-0.2, 0) is 0 Å². The number of nitrogens with one attached hydrogen (secondary N) is 1. The van der Waals surface area contributed by atoms with Crippen LogP contribution in [0.15, 0.2) is 24.7 Å². The lowest BCUT2D eigenvalue weighted by atomic mass is 10.2. The van der Waals surface area contributed by atoms with Gasteiger partial charge in [-0.2, -0.15) is 5.10 Å². The first-order chi connectivity index (χ1) is 7.81. The van der Waals surface area contributed by atoms with E-state index in [4.69, 9.17) is 0 Å². The van der Waals surface area contributed by atoms with Gasteiger partial charge < -0.3 is 10.4 Å². The minimum atomic E-state index is -0.324. The Kier molecular flexibility index (Phi) is 3.36. The Bertz CT molecular complexity index is 454. The predicted molar refractivity (Wildman–Crippen MR) is 62.4 cm³/mol. The molecular formula is C11H16N4O. The monoisotopic (exact) mass is 220 g/mol. The first-order valence-electron chi connectivity index (χ1n) is 5.51. The first-order valence-corrected chi connectivity index (χ1v) is 5.51. The number of fused-ring (bicyclic) bond motifs is 1. The molecule has 0 radical (unpaired) electrons. The van der Waals surface area contributed by atoms with Crippen molar-refractivity contribution in [1.82, 2.24) is 14.6 Å². The second-order valence-corrected chi connectivity index (χ2v) is 3.76. The van der Waals surface area contributed by atoms with Crippen molar-refractivity contribution in [2.24, 2.45) is 0 Å². The van der Waals surface area contributed by atoms with Crippen LogP contribution < -0.4 is 5.32 Å². The zero-order chi connectivity index (χ0) is 11.4. The molecule has 0 amide bonds. The smallest absolute Gasteiger partial charge is 0.152 e. The molecule has 0 aliphatic carbocycles. The van der Waals surface area contributed by atoms with E-state index in [1.165, 1.54) is 0 Å². The summed E-state index contributed by atoms with van der Waals surface area (Å²) in [5.41, 5.74) is 0.922. The summed E-state index contributed by atoms with van der Waals surface area (Å²) in [4.78, 5) is 4.23. The first kappa shape index (κ1) is 10.9. The molecule has 0 saturated carbocycles. The number of hydrogen-bond donors (Lipinski definition) is 2. The number of anilines is 1. The van der Waals surface area contributed by atoms with Gasteiger partial charge >= 0.3 is 0 Å². The fraction of sp³-hybridized carbons (Fsp3) is 0.455. The highest BCUT2D eigenvalue weighted by molar-refractivity contribution is 5.66. The average molecular weight is 220 g/mol. The Morgan fingerprint density at radius 3 is 3.19 bits per heavy atom. The number of rotatable bonds is 5. The Hall–Kier alpha value is -1.62. The Labute approximate surface area is 94.1 Å². The van der Waals surface area contributed by atoms with E-state index in [1.54, 1.807) is 23.1 Å². The van der Waals surface area contributed by atoms with Crippen LogP contribution in [0, 0.1) is 0 Å². The van der Waals surface area contributed by atoms with Crippen molar-refractivity contribution in [3.8, 4) is 0 Å². The number of aliphatic hydroxyl groups excluding tert-OH is 1. The highest BCUT2D eigenvalue weighted by atomic mass is 16.3. The molecule has 0 aliphatic heterocycles. The van der Waals surface area contributed by atoms with Gasteiger partial charge in [-0.15, -0.1) is 0 Å². The summed E-state index contributed by atoms with van der Waals surface area (Å²) >= 11 is 0. The van der Waals surface area contributed by atoms with E-state index in [9.17, 15) is 5.11 Å². The van der Waals surface area contributed by atoms with Crippen molar-refractivity contribution in [2.75, 3.05) is 11.9 Å². The summed E-state index contributed by atoms with van der Waals surface area (Å²) in [5.74, 6) is 0.759. The maximum atomic E-state index is 9.62. The predicted octanol–water partition coefficient (Wildman–Crippen LogP) is 1.30. The molecule has 5 heteroatoms. The van der Waals surface area contributed by atoms with Crippen molar-refractivity contribution in [1.29, 1.82) is 0 Å². The third kappa shape index (κ3) is 2.30. The van der Waals surface area contributed by atoms with Crippen molar-refractivity contribution >= 4 is 11.3 Å². The SMILES string of the molecule is CCCC(O)CNc1nccn2nccc12. The average Bonchev–Trinajstić information content (AvgIpc) is 2.75. The normalized spacial score (nSPS) is 12.9. The number of nitrogens with zero attached hydrogens (tertiary/aromatic N) is 3. The molecule has 1 atom stereocenters. The summed E-state index contributed by atoms with van der Waals surface area (Å²) in [6.07, 6.45) is 6.67. The molecule has 16 heavy (non-hydrogen) atoms. The number of hydrogen-bond acceptors (Lipinski definition) is 4. The van der Waals surface area contributed by atoms with Gasteiger partial charge in [-0.25, -0.2) is 9.50 Å². The van der Waals surface area contributed by atoms with Gasteiger partial charge in [-0.1, -0.05) is 13.3 Å². The molecule has 2 rings (SSSR count). The summed E-state index contributed by atoms with van der Waals surface area (Å²) in [5, 5.41) is 16.9. The van der Waals surface area contributed by atoms with Crippen LogP contribution in [0.5, 0.6) is 0 Å². The largest absolute Gasteiger partial charge is 0.391 e. The zero-order valence-electron chi connectivity index (χ0n) is 9.30. The quantitative estimate of drug-likeness (QED) is 0.797. The summed E-state index contributed by atoms with van der Waals surface area (Å²) in [6, 6.07) is 1.89. The van der Waals surface area contributed by atoms with E-state index in [2.05, 4.69) is 22.3 Å². The number of aliphatic hydroxyl groups is 1. The highest BCUT2D eigenvalue weighted by Gasteiger charge is 2.05. The molecule has 86 valence electrons. The minimum absolute atomic E-state index is 0.324. The van der Waals surface area contributed by atoms with Crippen LogP contribution in [0.25, 0.3) is 5.52 Å². The molecule has 0 saturated heterocycles. The molecule has 2 heterocycles. The van der Waals surface area contributed by atoms with Gasteiger partial charge in [0.05, 0.1) is 12.3 Å². The molecule has 2 N–H and O–H groups in total. The zero-order valence-corrected chi connectivity index (χ0v) is 9.30. The molecule has 2 aromatic heterocycles. The Morgan fingerprint density at radius 1 is 1.50 bits per heavy atom. The fourth-order valence-corrected chi connectivity index (χ4v) is 1.64. The molecular weight excluding hydrogens is 204 g/mol. The van der Waals surface area contributed by atoms with Gasteiger partial charge in [0, 0.05) is 18.9 Å². The molecule has 0 bridgehead atoms. The molecule has 5 nitrogen and oxygen atoms in total. The molecule has 0 spiro atoms. The van der Waals surface area contributed by atoms with Crippen molar-refractivity contribution in [2.45, 2.75) is 25.9 Å². The van der Waals surface area contributed by atoms with Crippen LogP contribution >= 0.6 is 0 Å². The van der Waals surface area contributed by atoms with Crippen molar-refractivity contribution in [3.05, 3.63) is 24.7 Å². The van der Waals surface area contributed by atoms with E-state index in [0.717, 1.165) is 24.2 Å². The van der Waals surface area contributed by atoms with Crippen molar-refractivity contribution < 1.29 is 5.11 Å². The standard InChI is InChI=1S/C11H16N4O/c1-2-3-9(16)8-13-11-10-4-5-14-15(10)7-6-12-11/h4-7,9,16H,2-3,8H2,1H3,(H,12,13). The van der Waals surface area contributed by atoms with E-state index >= 15 is 0 Å². The second-order valence-electron chi connectivity index (χ2n) is 3.76. The van der Waals surface area contributed by atoms with E-state index < -0.39 is 0 Å². The van der Waals surface area contributed by atoms with E-state index in [1.807, 2.05) is 6.07 Å². The summed E-state index contributed by atoms with van der Waals surface area (Å²) in [7, 11) is 0. The van der Waals surface area contributed by atoms with E-state index in [0.29, 0.717) is 6.54 Å². The van der Waals surface area contributed by atoms with Crippen LogP contribution in [0.4, 0.5) is 5.82 Å². The maximum absolute atomic E-state index is 9.62. The molecule has 0 fully saturated rings. The van der Waals surface area contributed by atoms with Gasteiger partial charge in [0.1, 0.15) is 5.52 Å². The maximum Gasteiger partial charge on any atom is 0.152 e. The topological polar surface area (TPSA) is 62.5 Å². The third-order valence-electron chi connectivity index (χ3n) is 2.45. The van der Waals surface area contributed by atoms with Crippen LogP contribution in [0.3, 0.4) is 0 Å².